The Balaban J connectivity index is 2.00. The van der Waals surface area contributed by atoms with Crippen LogP contribution in [0.1, 0.15) is 52.6 Å². The topological polar surface area (TPSA) is 132 Å². The summed E-state index contributed by atoms with van der Waals surface area (Å²) in [5.74, 6) is -1.16. The van der Waals surface area contributed by atoms with Gasteiger partial charge >= 0.3 is 6.09 Å². The van der Waals surface area contributed by atoms with Crippen molar-refractivity contribution in [1.29, 1.82) is 5.26 Å². The van der Waals surface area contributed by atoms with Crippen LogP contribution < -0.4 is 10.6 Å². The van der Waals surface area contributed by atoms with Crippen LogP contribution in [-0.4, -0.2) is 46.1 Å². The summed E-state index contributed by atoms with van der Waals surface area (Å²) in [5, 5.41) is 27.0. The van der Waals surface area contributed by atoms with Crippen LogP contribution in [0.15, 0.2) is 66.7 Å². The first-order valence-corrected chi connectivity index (χ1v) is 13.1. The smallest absolute Gasteiger partial charge is 0.408 e. The van der Waals surface area contributed by atoms with E-state index in [4.69, 9.17) is 4.74 Å². The van der Waals surface area contributed by atoms with E-state index in [0.29, 0.717) is 11.3 Å². The number of alkyl carbamates (subject to hydrolysis) is 1. The maximum absolute atomic E-state index is 14.0. The van der Waals surface area contributed by atoms with Gasteiger partial charge in [0.05, 0.1) is 6.07 Å². The predicted octanol–water partition coefficient (Wildman–Crippen LogP) is 5.52. The molecule has 9 heteroatoms. The first-order chi connectivity index (χ1) is 18.9. The van der Waals surface area contributed by atoms with Crippen LogP contribution in [0.5, 0.6) is 5.75 Å². The molecular formula is C31H36N4O5. The number of carbonyl (C=O) groups is 3. The first-order valence-electron chi connectivity index (χ1n) is 13.1. The lowest BCUT2D eigenvalue weighted by molar-refractivity contribution is -0.140. The van der Waals surface area contributed by atoms with E-state index < -0.39 is 42.1 Å². The van der Waals surface area contributed by atoms with Crippen LogP contribution in [0.2, 0.25) is 0 Å². The molecular weight excluding hydrogens is 508 g/mol. The minimum Gasteiger partial charge on any atom is -0.508 e. The molecule has 0 heterocycles. The minimum atomic E-state index is -1.23. The van der Waals surface area contributed by atoms with Crippen molar-refractivity contribution in [2.45, 2.75) is 58.7 Å². The van der Waals surface area contributed by atoms with Crippen LogP contribution in [0.3, 0.4) is 0 Å². The van der Waals surface area contributed by atoms with Crippen molar-refractivity contribution in [2.24, 2.45) is 5.92 Å². The molecule has 9 nitrogen and oxygen atoms in total. The Morgan fingerprint density at radius 1 is 1.00 bits per heavy atom. The molecule has 0 spiro atoms. The minimum absolute atomic E-state index is 0.00590. The molecule has 0 radical (unpaired) electrons. The molecule has 0 saturated heterocycles. The van der Waals surface area contributed by atoms with Crippen LogP contribution in [0.25, 0.3) is 10.8 Å². The quantitative estimate of drug-likeness (QED) is 0.304. The maximum Gasteiger partial charge on any atom is 0.408 e. The van der Waals surface area contributed by atoms with Crippen LogP contribution in [-0.2, 0) is 14.3 Å². The number of hydrogen-bond donors (Lipinski definition) is 3. The monoisotopic (exact) mass is 544 g/mol. The number of nitrogens with one attached hydrogen (secondary N) is 2. The van der Waals surface area contributed by atoms with E-state index >= 15 is 0 Å². The van der Waals surface area contributed by atoms with Gasteiger partial charge in [-0.05, 0) is 73.7 Å². The summed E-state index contributed by atoms with van der Waals surface area (Å²) in [6.07, 6.45) is -0.514. The normalized spacial score (nSPS) is 12.7. The average Bonchev–Trinajstić information content (AvgIpc) is 2.87. The van der Waals surface area contributed by atoms with E-state index in [1.807, 2.05) is 56.3 Å². The number of phenolic OH excluding ortho intramolecular Hbond substituents is 1. The number of anilines is 1. The molecule has 0 aliphatic heterocycles. The SMILES string of the molecule is CC(C)CC(NC(=O)OC(C)(C)C)C(=O)N(CC#N)C(C(=O)Nc1ccc2ccccc2c1)c1ccc(O)cc1. The lowest BCUT2D eigenvalue weighted by Crippen LogP contribution is -2.52. The molecule has 3 aromatic rings. The summed E-state index contributed by atoms with van der Waals surface area (Å²) in [5.41, 5.74) is 0.124. The predicted molar refractivity (Wildman–Crippen MR) is 153 cm³/mol. The van der Waals surface area contributed by atoms with Crippen molar-refractivity contribution in [3.8, 4) is 11.8 Å². The summed E-state index contributed by atoms with van der Waals surface area (Å²) >= 11 is 0. The van der Waals surface area contributed by atoms with Crippen molar-refractivity contribution >= 4 is 34.4 Å². The number of rotatable bonds is 9. The third-order valence-corrected chi connectivity index (χ3v) is 6.01. The van der Waals surface area contributed by atoms with Gasteiger partial charge in [0.15, 0.2) is 0 Å². The molecule has 3 aromatic carbocycles. The molecule has 0 aliphatic rings. The summed E-state index contributed by atoms with van der Waals surface area (Å²) in [6, 6.07) is 18.7. The van der Waals surface area contributed by atoms with Crippen LogP contribution in [0.4, 0.5) is 10.5 Å². The Kier molecular flexibility index (Phi) is 9.73. The number of phenols is 1. The van der Waals surface area contributed by atoms with Gasteiger partial charge < -0.3 is 25.4 Å². The van der Waals surface area contributed by atoms with Crippen LogP contribution >= 0.6 is 0 Å². The first kappa shape index (κ1) is 30.0. The van der Waals surface area contributed by atoms with Crippen molar-refractivity contribution < 1.29 is 24.2 Å². The van der Waals surface area contributed by atoms with E-state index in [9.17, 15) is 24.8 Å². The molecule has 0 aliphatic carbocycles. The van der Waals surface area contributed by atoms with Crippen molar-refractivity contribution in [1.82, 2.24) is 10.2 Å². The molecule has 3 N–H and O–H groups in total. The molecule has 0 bridgehead atoms. The number of amides is 3. The number of benzene rings is 3. The van der Waals surface area contributed by atoms with Gasteiger partial charge in [-0.25, -0.2) is 4.79 Å². The Bertz CT molecular complexity index is 1390. The van der Waals surface area contributed by atoms with Gasteiger partial charge in [-0.3, -0.25) is 9.59 Å². The molecule has 40 heavy (non-hydrogen) atoms. The Morgan fingerprint density at radius 3 is 2.25 bits per heavy atom. The molecule has 3 amide bonds. The van der Waals surface area contributed by atoms with E-state index in [0.717, 1.165) is 15.7 Å². The highest BCUT2D eigenvalue weighted by atomic mass is 16.6. The maximum atomic E-state index is 14.0. The standard InChI is InChI=1S/C31H36N4O5/c1-20(2)18-26(34-30(39)40-31(3,4)5)29(38)35(17-16-32)27(22-11-14-25(36)15-12-22)28(37)33-24-13-10-21-8-6-7-9-23(21)19-24/h6-15,19-20,26-27,36H,17-18H2,1-5H3,(H,33,37)(H,34,39). The zero-order valence-corrected chi connectivity index (χ0v) is 23.5. The zero-order chi connectivity index (χ0) is 29.4. The lowest BCUT2D eigenvalue weighted by atomic mass is 9.99. The molecule has 2 atom stereocenters. The molecule has 3 rings (SSSR count). The fraction of sp³-hybridized carbons (Fsp3) is 0.355. The summed E-state index contributed by atoms with van der Waals surface area (Å²) < 4.78 is 5.37. The third-order valence-electron chi connectivity index (χ3n) is 6.01. The van der Waals surface area contributed by atoms with E-state index in [-0.39, 0.29) is 18.1 Å². The Morgan fingerprint density at radius 2 is 1.65 bits per heavy atom. The van der Waals surface area contributed by atoms with Crippen molar-refractivity contribution in [2.75, 3.05) is 11.9 Å². The number of carbonyl (C=O) groups excluding carboxylic acids is 3. The molecule has 0 saturated carbocycles. The summed E-state index contributed by atoms with van der Waals surface area (Å²) in [6.45, 7) is 8.52. The van der Waals surface area contributed by atoms with Gasteiger partial charge in [-0.1, -0.05) is 56.3 Å². The van der Waals surface area contributed by atoms with Gasteiger partial charge in [0.1, 0.15) is 30.0 Å². The van der Waals surface area contributed by atoms with Gasteiger partial charge in [-0.15, -0.1) is 0 Å². The Labute approximate surface area is 234 Å². The van der Waals surface area contributed by atoms with E-state index in [1.54, 1.807) is 26.8 Å². The summed E-state index contributed by atoms with van der Waals surface area (Å²) in [7, 11) is 0. The van der Waals surface area contributed by atoms with Gasteiger partial charge in [0.25, 0.3) is 5.91 Å². The fourth-order valence-corrected chi connectivity index (χ4v) is 4.32. The highest BCUT2D eigenvalue weighted by Gasteiger charge is 2.36. The third kappa shape index (κ3) is 8.21. The average molecular weight is 545 g/mol. The molecule has 0 aromatic heterocycles. The molecule has 2 unspecified atom stereocenters. The number of fused-ring (bicyclic) bond motifs is 1. The number of hydrogen-bond acceptors (Lipinski definition) is 6. The molecule has 0 fully saturated rings. The number of ether oxygens (including phenoxy) is 1. The Hall–Kier alpha value is -4.58. The number of nitrogens with zero attached hydrogens (tertiary/aromatic N) is 2. The largest absolute Gasteiger partial charge is 0.508 e. The highest BCUT2D eigenvalue weighted by molar-refractivity contribution is 6.00. The number of aromatic hydroxyl groups is 1. The molecule has 210 valence electrons. The van der Waals surface area contributed by atoms with Crippen molar-refractivity contribution in [3.63, 3.8) is 0 Å². The second-order valence-electron chi connectivity index (χ2n) is 11.0. The second-order valence-corrected chi connectivity index (χ2v) is 11.0. The fourth-order valence-electron chi connectivity index (χ4n) is 4.32. The van der Waals surface area contributed by atoms with Gasteiger partial charge in [0.2, 0.25) is 5.91 Å². The number of nitriles is 1. The summed E-state index contributed by atoms with van der Waals surface area (Å²) in [4.78, 5) is 41.5. The van der Waals surface area contributed by atoms with Crippen LogP contribution in [0, 0.1) is 17.2 Å². The van der Waals surface area contributed by atoms with E-state index in [1.165, 1.54) is 24.3 Å². The van der Waals surface area contributed by atoms with Crippen molar-refractivity contribution in [3.05, 3.63) is 72.3 Å². The van der Waals surface area contributed by atoms with E-state index in [2.05, 4.69) is 10.6 Å². The zero-order valence-electron chi connectivity index (χ0n) is 23.5. The van der Waals surface area contributed by atoms with Gasteiger partial charge in [0, 0.05) is 5.69 Å². The highest BCUT2D eigenvalue weighted by Crippen LogP contribution is 2.27. The second kappa shape index (κ2) is 13.0. The lowest BCUT2D eigenvalue weighted by Gasteiger charge is -2.33. The van der Waals surface area contributed by atoms with Gasteiger partial charge in [-0.2, -0.15) is 5.26 Å².